The van der Waals surface area contributed by atoms with Crippen molar-refractivity contribution in [3.8, 4) is 11.5 Å². The maximum absolute atomic E-state index is 14.4. The zero-order valence-corrected chi connectivity index (χ0v) is 45.1. The number of carbonyl (C=O) groups excluding carboxylic acids is 8. The van der Waals surface area contributed by atoms with Gasteiger partial charge in [-0.3, -0.25) is 47.9 Å². The topological polar surface area (TPSA) is 489 Å². The summed E-state index contributed by atoms with van der Waals surface area (Å²) in [4.78, 5) is 145. The van der Waals surface area contributed by atoms with Crippen LogP contribution in [0.15, 0.2) is 48.5 Å². The maximum Gasteiger partial charge on any atom is 0.326 e. The Balaban J connectivity index is 2.45. The molecule has 2 rings (SSSR count). The molecule has 444 valence electrons. The number of phenolic OH excluding ortho intramolecular Hbond substituents is 2. The number of amides is 8. The zero-order valence-electron chi connectivity index (χ0n) is 45.1. The van der Waals surface area contributed by atoms with Crippen LogP contribution in [0.25, 0.3) is 0 Å². The summed E-state index contributed by atoms with van der Waals surface area (Å²) in [5, 5.41) is 68.2. The van der Waals surface area contributed by atoms with E-state index >= 15 is 0 Å². The molecule has 80 heavy (non-hydrogen) atoms. The second-order valence-corrected chi connectivity index (χ2v) is 19.2. The predicted octanol–water partition coefficient (Wildman–Crippen LogP) is -2.67. The molecule has 0 heterocycles. The van der Waals surface area contributed by atoms with E-state index in [4.69, 9.17) is 28.0 Å². The van der Waals surface area contributed by atoms with Crippen LogP contribution in [0.3, 0.4) is 0 Å². The molecule has 0 bridgehead atoms. The van der Waals surface area contributed by atoms with Gasteiger partial charge in [0.15, 0.2) is 0 Å². The number of carboxylic acid groups (broad SMARTS) is 3. The van der Waals surface area contributed by atoms with Crippen LogP contribution in [0, 0.1) is 0 Å². The molecule has 0 aromatic heterocycles. The highest BCUT2D eigenvalue weighted by atomic mass is 16.4. The van der Waals surface area contributed by atoms with Crippen molar-refractivity contribution in [1.82, 2.24) is 42.5 Å². The van der Waals surface area contributed by atoms with Crippen LogP contribution in [0.5, 0.6) is 11.5 Å². The van der Waals surface area contributed by atoms with Gasteiger partial charge in [0, 0.05) is 25.7 Å². The Labute approximate surface area is 463 Å². The molecule has 8 amide bonds. The van der Waals surface area contributed by atoms with Crippen LogP contribution in [-0.2, 0) is 65.6 Å². The lowest BCUT2D eigenvalue weighted by Gasteiger charge is -2.28. The average Bonchev–Trinajstić information content (AvgIpc) is 3.40. The number of aliphatic carboxylic acids is 3. The first-order valence-electron chi connectivity index (χ1n) is 26.4. The van der Waals surface area contributed by atoms with Crippen LogP contribution in [0.2, 0.25) is 0 Å². The first kappa shape index (κ1) is 68.2. The Morgan fingerprint density at radius 1 is 0.388 bits per heavy atom. The summed E-state index contributed by atoms with van der Waals surface area (Å²) in [6.45, 7) is 3.27. The molecule has 0 saturated carbocycles. The van der Waals surface area contributed by atoms with Gasteiger partial charge < -0.3 is 91.0 Å². The van der Waals surface area contributed by atoms with Gasteiger partial charge in [-0.25, -0.2) is 4.79 Å². The summed E-state index contributed by atoms with van der Waals surface area (Å²) in [6.07, 6.45) is -0.0227. The summed E-state index contributed by atoms with van der Waals surface area (Å²) in [6, 6.07) is -1.57. The number of nitrogens with one attached hydrogen (secondary N) is 8. The minimum atomic E-state index is -1.68. The van der Waals surface area contributed by atoms with Crippen molar-refractivity contribution >= 4 is 65.2 Å². The van der Waals surface area contributed by atoms with Crippen LogP contribution < -0.4 is 65.5 Å². The quantitative estimate of drug-likeness (QED) is 0.0304. The van der Waals surface area contributed by atoms with Gasteiger partial charge in [0.1, 0.15) is 59.8 Å². The van der Waals surface area contributed by atoms with E-state index in [1.54, 1.807) is 0 Å². The highest BCUT2D eigenvalue weighted by molar-refractivity contribution is 5.98. The molecule has 0 radical (unpaired) electrons. The molecule has 28 nitrogen and oxygen atoms in total. The van der Waals surface area contributed by atoms with Crippen LogP contribution >= 0.6 is 0 Å². The maximum atomic E-state index is 14.4. The van der Waals surface area contributed by atoms with Gasteiger partial charge in [-0.1, -0.05) is 24.3 Å². The summed E-state index contributed by atoms with van der Waals surface area (Å²) < 4.78 is 0. The smallest absolute Gasteiger partial charge is 0.326 e. The van der Waals surface area contributed by atoms with E-state index < -0.39 is 139 Å². The summed E-state index contributed by atoms with van der Waals surface area (Å²) >= 11 is 0. The van der Waals surface area contributed by atoms with Crippen molar-refractivity contribution in [3.05, 3.63) is 59.7 Å². The average molecular weight is 1130 g/mol. The van der Waals surface area contributed by atoms with Crippen molar-refractivity contribution in [3.63, 3.8) is 0 Å². The third kappa shape index (κ3) is 26.1. The first-order chi connectivity index (χ1) is 37.9. The number of phenols is 2. The third-order valence-electron chi connectivity index (χ3n) is 12.5. The number of benzene rings is 2. The van der Waals surface area contributed by atoms with Gasteiger partial charge in [0.2, 0.25) is 47.3 Å². The highest BCUT2D eigenvalue weighted by Gasteiger charge is 2.34. The van der Waals surface area contributed by atoms with E-state index in [0.29, 0.717) is 43.2 Å². The lowest BCUT2D eigenvalue weighted by Crippen LogP contribution is -2.60. The molecule has 9 atom stereocenters. The second kappa shape index (κ2) is 36.3. The molecular weight excluding hydrogens is 1050 g/mol. The molecule has 0 aliphatic carbocycles. The van der Waals surface area contributed by atoms with E-state index in [-0.39, 0.29) is 76.1 Å². The van der Waals surface area contributed by atoms with Gasteiger partial charge in [0.25, 0.3) is 0 Å². The lowest BCUT2D eigenvalue weighted by atomic mass is 10.0. The molecule has 0 unspecified atom stereocenters. The summed E-state index contributed by atoms with van der Waals surface area (Å²) in [5.74, 6) is -11.4. The fraction of sp³-hybridized carbons (Fsp3) is 0.558. The van der Waals surface area contributed by atoms with Crippen molar-refractivity contribution in [2.45, 2.75) is 165 Å². The highest BCUT2D eigenvalue weighted by Crippen LogP contribution is 2.15. The number of carboxylic acids is 3. The number of rotatable bonds is 39. The lowest BCUT2D eigenvalue weighted by molar-refractivity contribution is -0.142. The van der Waals surface area contributed by atoms with E-state index in [1.807, 2.05) is 0 Å². The number of carbonyl (C=O) groups is 11. The number of unbranched alkanes of at least 4 members (excludes halogenated alkanes) is 3. The largest absolute Gasteiger partial charge is 0.508 e. The van der Waals surface area contributed by atoms with Crippen molar-refractivity contribution < 1.29 is 78.3 Å². The number of aromatic hydroxyl groups is 2. The van der Waals surface area contributed by atoms with Crippen LogP contribution in [-0.4, -0.2) is 165 Å². The van der Waals surface area contributed by atoms with Gasteiger partial charge in [-0.15, -0.1) is 0 Å². The predicted molar refractivity (Wildman–Crippen MR) is 288 cm³/mol. The standard InChI is InChI=1S/C52H80N12O16/c1-29(57-46(73)35(56)20-22-42(67)68)44(71)59-36(9-3-6-24-53)48(75)60-37(10-4-7-25-54)49(76)64-41(28-32-14-18-34(66)19-15-32)50(77)61-38(21-23-43(69)70)47(74)58-30(2)45(72)63-40(27-31-12-16-33(65)17-13-31)51(78)62-39(52(79)80)11-5-8-26-55/h12-19,29-30,35-41,65-66H,3-11,20-28,53-56H2,1-2H3,(H,57,73)(H,58,74)(H,59,71)(H,60,75)(H,61,77)(H,62,78)(H,63,72)(H,64,76)(H,67,68)(H,69,70)(H,79,80)/t29-,30-,35-,36-,37-,38-,39-,40-,41-/m0/s1. The minimum absolute atomic E-state index is 0.0234. The Bertz CT molecular complexity index is 2380. The molecular formula is C52H80N12O16. The summed E-state index contributed by atoms with van der Waals surface area (Å²) in [5.41, 5.74) is 23.6. The van der Waals surface area contributed by atoms with Crippen molar-refractivity contribution in [2.24, 2.45) is 22.9 Å². The second-order valence-electron chi connectivity index (χ2n) is 19.2. The Hall–Kier alpha value is -7.95. The molecule has 28 heteroatoms. The zero-order chi connectivity index (χ0) is 59.9. The van der Waals surface area contributed by atoms with E-state index in [1.165, 1.54) is 62.4 Å². The molecule has 21 N–H and O–H groups in total. The van der Waals surface area contributed by atoms with Gasteiger partial charge in [-0.2, -0.15) is 0 Å². The van der Waals surface area contributed by atoms with Crippen molar-refractivity contribution in [2.75, 3.05) is 19.6 Å². The fourth-order valence-electron chi connectivity index (χ4n) is 7.82. The third-order valence-corrected chi connectivity index (χ3v) is 12.5. The summed E-state index contributed by atoms with van der Waals surface area (Å²) in [7, 11) is 0. The molecule has 0 aliphatic rings. The van der Waals surface area contributed by atoms with E-state index in [9.17, 15) is 73.2 Å². The molecule has 2 aromatic rings. The Morgan fingerprint density at radius 2 is 0.688 bits per heavy atom. The molecule has 0 fully saturated rings. The minimum Gasteiger partial charge on any atom is -0.508 e. The van der Waals surface area contributed by atoms with Gasteiger partial charge in [-0.05, 0) is 140 Å². The first-order valence-corrected chi connectivity index (χ1v) is 26.4. The molecule has 0 saturated heterocycles. The normalized spacial score (nSPS) is 14.4. The Morgan fingerprint density at radius 3 is 1.07 bits per heavy atom. The van der Waals surface area contributed by atoms with Crippen LogP contribution in [0.4, 0.5) is 0 Å². The van der Waals surface area contributed by atoms with Crippen LogP contribution in [0.1, 0.15) is 108 Å². The fourth-order valence-corrected chi connectivity index (χ4v) is 7.82. The molecule has 2 aromatic carbocycles. The molecule has 0 aliphatic heterocycles. The molecule has 0 spiro atoms. The van der Waals surface area contributed by atoms with Gasteiger partial charge >= 0.3 is 17.9 Å². The van der Waals surface area contributed by atoms with Crippen molar-refractivity contribution in [1.29, 1.82) is 0 Å². The monoisotopic (exact) mass is 1130 g/mol. The number of nitrogens with two attached hydrogens (primary N) is 4. The van der Waals surface area contributed by atoms with E-state index in [2.05, 4.69) is 42.5 Å². The van der Waals surface area contributed by atoms with E-state index in [0.717, 1.165) is 0 Å². The van der Waals surface area contributed by atoms with Gasteiger partial charge in [0.05, 0.1) is 6.04 Å². The number of hydrogen-bond acceptors (Lipinski definition) is 17. The Kier molecular flexibility index (Phi) is 30.9. The number of hydrogen-bond donors (Lipinski definition) is 17. The SMILES string of the molecule is C[C@H](NC(=O)[C@H](CCC(=O)O)NC(=O)[C@H](Cc1ccc(O)cc1)NC(=O)[C@H](CCCCN)NC(=O)[C@H](CCCCN)NC(=O)[C@H](C)NC(=O)[C@@H](N)CCC(=O)O)C(=O)N[C@@H](Cc1ccc(O)cc1)C(=O)N[C@@H](CCCCN)C(=O)O.